The lowest BCUT2D eigenvalue weighted by atomic mass is 10.1. The van der Waals surface area contributed by atoms with Crippen molar-refractivity contribution in [3.63, 3.8) is 0 Å². The van der Waals surface area contributed by atoms with E-state index in [0.29, 0.717) is 0 Å². The number of hydrogen-bond acceptors (Lipinski definition) is 0. The number of allylic oxidation sites excluding steroid dienone is 1. The number of alkyl halides is 1. The lowest BCUT2D eigenvalue weighted by Crippen LogP contribution is -1.78. The first-order valence-electron chi connectivity index (χ1n) is 3.81. The average Bonchev–Trinajstić information content (AvgIpc) is 2.11. The Bertz CT molecular complexity index is 332. The molecule has 1 aromatic rings. The Morgan fingerprint density at radius 3 is 2.77 bits per heavy atom. The van der Waals surface area contributed by atoms with Gasteiger partial charge in [-0.1, -0.05) is 45.2 Å². The van der Waals surface area contributed by atoms with Crippen LogP contribution >= 0.6 is 43.5 Å². The summed E-state index contributed by atoms with van der Waals surface area (Å²) in [4.78, 5) is 0. The highest BCUT2D eigenvalue weighted by Gasteiger charge is 1.96. The summed E-state index contributed by atoms with van der Waals surface area (Å²) < 4.78 is 0.935. The molecule has 0 saturated carbocycles. The van der Waals surface area contributed by atoms with Crippen LogP contribution < -0.4 is 0 Å². The monoisotopic (exact) mass is 322 g/mol. The van der Waals surface area contributed by atoms with Gasteiger partial charge in [-0.25, -0.2) is 0 Å². The maximum absolute atomic E-state index is 5.87. The first kappa shape index (κ1) is 11.3. The van der Waals surface area contributed by atoms with E-state index in [2.05, 4.69) is 44.9 Å². The Labute approximate surface area is 100 Å². The van der Waals surface area contributed by atoms with Crippen molar-refractivity contribution in [1.82, 2.24) is 0 Å². The Balaban J connectivity index is 2.98. The molecule has 1 aromatic carbocycles. The molecule has 0 aliphatic heterocycles. The molecule has 0 heterocycles. The second kappa shape index (κ2) is 5.18. The largest absolute Gasteiger partial charge is 0.0880 e. The molecule has 0 nitrogen and oxygen atoms in total. The third-order valence-electron chi connectivity index (χ3n) is 1.57. The van der Waals surface area contributed by atoms with Crippen LogP contribution in [-0.2, 0) is 0 Å². The van der Waals surface area contributed by atoms with Gasteiger partial charge in [-0.15, -0.1) is 0 Å². The number of rotatable bonds is 2. The normalized spacial score (nSPS) is 11.8. The molecule has 0 atom stereocenters. The van der Waals surface area contributed by atoms with Gasteiger partial charge < -0.3 is 0 Å². The van der Waals surface area contributed by atoms with Gasteiger partial charge in [-0.3, -0.25) is 0 Å². The van der Waals surface area contributed by atoms with E-state index in [9.17, 15) is 0 Å². The Morgan fingerprint density at radius 1 is 1.54 bits per heavy atom. The van der Waals surface area contributed by atoms with Crippen LogP contribution in [0.1, 0.15) is 12.5 Å². The van der Waals surface area contributed by atoms with E-state index in [1.165, 1.54) is 5.57 Å². The lowest BCUT2D eigenvalue weighted by Gasteiger charge is -1.99. The topological polar surface area (TPSA) is 0 Å². The molecule has 1 rings (SSSR count). The third-order valence-corrected chi connectivity index (χ3v) is 3.67. The van der Waals surface area contributed by atoms with Gasteiger partial charge in [0.15, 0.2) is 0 Å². The van der Waals surface area contributed by atoms with E-state index in [-0.39, 0.29) is 0 Å². The minimum atomic E-state index is 0.744. The van der Waals surface area contributed by atoms with E-state index < -0.39 is 0 Å². The Morgan fingerprint density at radius 2 is 2.23 bits per heavy atom. The molecular formula is C10H9Br2Cl. The SMILES string of the molecule is C/C(=C/c1ccc(Cl)c(Br)c1)CBr. The third kappa shape index (κ3) is 3.45. The first-order chi connectivity index (χ1) is 6.13. The van der Waals surface area contributed by atoms with Gasteiger partial charge in [-0.2, -0.15) is 0 Å². The molecule has 0 N–H and O–H groups in total. The quantitative estimate of drug-likeness (QED) is 0.679. The van der Waals surface area contributed by atoms with Crippen molar-refractivity contribution in [2.45, 2.75) is 6.92 Å². The zero-order chi connectivity index (χ0) is 9.84. The van der Waals surface area contributed by atoms with Gasteiger partial charge in [0, 0.05) is 9.80 Å². The van der Waals surface area contributed by atoms with Crippen LogP contribution in [0.4, 0.5) is 0 Å². The molecule has 0 spiro atoms. The highest BCUT2D eigenvalue weighted by molar-refractivity contribution is 9.10. The van der Waals surface area contributed by atoms with E-state index in [1.807, 2.05) is 18.2 Å². The minimum absolute atomic E-state index is 0.744. The molecule has 0 bridgehead atoms. The lowest BCUT2D eigenvalue weighted by molar-refractivity contribution is 1.45. The van der Waals surface area contributed by atoms with Gasteiger partial charge in [0.1, 0.15) is 0 Å². The fraction of sp³-hybridized carbons (Fsp3) is 0.200. The zero-order valence-corrected chi connectivity index (χ0v) is 11.1. The summed E-state index contributed by atoms with van der Waals surface area (Å²) in [7, 11) is 0. The van der Waals surface area contributed by atoms with Crippen molar-refractivity contribution in [3.8, 4) is 0 Å². The van der Waals surface area contributed by atoms with E-state index in [4.69, 9.17) is 11.6 Å². The fourth-order valence-corrected chi connectivity index (χ4v) is 1.60. The highest BCUT2D eigenvalue weighted by Crippen LogP contribution is 2.24. The minimum Gasteiger partial charge on any atom is -0.0880 e. The Kier molecular flexibility index (Phi) is 4.50. The zero-order valence-electron chi connectivity index (χ0n) is 7.15. The summed E-state index contributed by atoms with van der Waals surface area (Å²) in [5.74, 6) is 0. The van der Waals surface area contributed by atoms with Crippen molar-refractivity contribution < 1.29 is 0 Å². The number of benzene rings is 1. The molecule has 0 aromatic heterocycles. The molecule has 0 fully saturated rings. The van der Waals surface area contributed by atoms with Gasteiger partial charge in [0.2, 0.25) is 0 Å². The predicted octanol–water partition coefficient (Wildman–Crippen LogP) is 4.90. The molecule has 0 aliphatic rings. The van der Waals surface area contributed by atoms with Crippen LogP contribution in [0.25, 0.3) is 6.08 Å². The molecule has 0 aliphatic carbocycles. The molecule has 0 radical (unpaired) electrons. The van der Waals surface area contributed by atoms with Crippen molar-refractivity contribution >= 4 is 49.5 Å². The standard InChI is InChI=1S/C10H9Br2Cl/c1-7(6-11)4-8-2-3-10(13)9(12)5-8/h2-5H,6H2,1H3/b7-4-. The van der Waals surface area contributed by atoms with Crippen LogP contribution in [0, 0.1) is 0 Å². The molecule has 3 heteroatoms. The second-order valence-corrected chi connectivity index (χ2v) is 4.62. The van der Waals surface area contributed by atoms with Crippen LogP contribution in [0.5, 0.6) is 0 Å². The van der Waals surface area contributed by atoms with Crippen molar-refractivity contribution in [2.24, 2.45) is 0 Å². The maximum atomic E-state index is 5.87. The Hall–Kier alpha value is 0.210. The summed E-state index contributed by atoms with van der Waals surface area (Å²) in [6, 6.07) is 5.90. The molecule has 13 heavy (non-hydrogen) atoms. The molecule has 0 saturated heterocycles. The summed E-state index contributed by atoms with van der Waals surface area (Å²) in [5.41, 5.74) is 2.45. The van der Waals surface area contributed by atoms with Crippen molar-refractivity contribution in [2.75, 3.05) is 5.33 Å². The maximum Gasteiger partial charge on any atom is 0.0548 e. The molecule has 70 valence electrons. The summed E-state index contributed by atoms with van der Waals surface area (Å²) in [6.45, 7) is 2.08. The van der Waals surface area contributed by atoms with Crippen LogP contribution in [0.3, 0.4) is 0 Å². The highest BCUT2D eigenvalue weighted by atomic mass is 79.9. The molecule has 0 amide bonds. The second-order valence-electron chi connectivity index (χ2n) is 2.80. The van der Waals surface area contributed by atoms with Crippen LogP contribution in [0.15, 0.2) is 28.2 Å². The fourth-order valence-electron chi connectivity index (χ4n) is 0.925. The van der Waals surface area contributed by atoms with Crippen molar-refractivity contribution in [1.29, 1.82) is 0 Å². The number of halogens is 3. The summed E-state index contributed by atoms with van der Waals surface area (Å²) in [6.07, 6.45) is 2.12. The van der Waals surface area contributed by atoms with E-state index in [1.54, 1.807) is 0 Å². The van der Waals surface area contributed by atoms with E-state index >= 15 is 0 Å². The van der Waals surface area contributed by atoms with E-state index in [0.717, 1.165) is 20.4 Å². The smallest absolute Gasteiger partial charge is 0.0548 e. The van der Waals surface area contributed by atoms with Crippen molar-refractivity contribution in [3.05, 3.63) is 38.8 Å². The van der Waals surface area contributed by atoms with Gasteiger partial charge in [0.25, 0.3) is 0 Å². The summed E-state index contributed by atoms with van der Waals surface area (Å²) >= 11 is 12.7. The average molecular weight is 324 g/mol. The molecule has 0 unspecified atom stereocenters. The first-order valence-corrected chi connectivity index (χ1v) is 6.11. The summed E-state index contributed by atoms with van der Waals surface area (Å²) in [5, 5.41) is 1.64. The van der Waals surface area contributed by atoms with Crippen LogP contribution in [0.2, 0.25) is 5.02 Å². The van der Waals surface area contributed by atoms with Gasteiger partial charge in [0.05, 0.1) is 5.02 Å². The predicted molar refractivity (Wildman–Crippen MR) is 66.6 cm³/mol. The molecular weight excluding hydrogens is 315 g/mol. The number of hydrogen-bond donors (Lipinski definition) is 0. The van der Waals surface area contributed by atoms with Gasteiger partial charge in [-0.05, 0) is 40.5 Å². The van der Waals surface area contributed by atoms with Gasteiger partial charge >= 0.3 is 0 Å². The van der Waals surface area contributed by atoms with Crippen LogP contribution in [-0.4, -0.2) is 5.33 Å².